The Balaban J connectivity index is 2.96. The zero-order valence-corrected chi connectivity index (χ0v) is 11.8. The average molecular weight is 267 g/mol. The lowest BCUT2D eigenvalue weighted by molar-refractivity contribution is -0.119. The Bertz CT molecular complexity index is 423. The molecule has 0 aliphatic heterocycles. The molecule has 0 radical (unpaired) electrons. The van der Waals surface area contributed by atoms with Crippen molar-refractivity contribution in [2.75, 3.05) is 32.1 Å². The highest BCUT2D eigenvalue weighted by Gasteiger charge is 2.11. The topological polar surface area (TPSA) is 44.4 Å². The summed E-state index contributed by atoms with van der Waals surface area (Å²) in [5.41, 5.74) is 1.62. The van der Waals surface area contributed by atoms with Crippen molar-refractivity contribution in [3.05, 3.63) is 29.6 Å². The fourth-order valence-electron chi connectivity index (χ4n) is 1.94. The van der Waals surface area contributed by atoms with Crippen LogP contribution >= 0.6 is 0 Å². The van der Waals surface area contributed by atoms with Gasteiger partial charge in [-0.3, -0.25) is 4.79 Å². The van der Waals surface area contributed by atoms with Crippen LogP contribution in [0.3, 0.4) is 0 Å². The van der Waals surface area contributed by atoms with Crippen molar-refractivity contribution in [1.29, 1.82) is 0 Å². The van der Waals surface area contributed by atoms with Crippen molar-refractivity contribution in [1.82, 2.24) is 10.6 Å². The van der Waals surface area contributed by atoms with Crippen molar-refractivity contribution >= 4 is 11.6 Å². The van der Waals surface area contributed by atoms with Gasteiger partial charge in [-0.1, -0.05) is 6.92 Å². The second kappa shape index (κ2) is 7.74. The smallest absolute Gasteiger partial charge is 0.239 e. The first-order valence-electron chi connectivity index (χ1n) is 6.50. The highest BCUT2D eigenvalue weighted by atomic mass is 19.1. The third-order valence-corrected chi connectivity index (χ3v) is 2.80. The molecule has 0 aromatic heterocycles. The minimum absolute atomic E-state index is 0.0760. The summed E-state index contributed by atoms with van der Waals surface area (Å²) in [5.74, 6) is -0.353. The molecule has 4 nitrogen and oxygen atoms in total. The summed E-state index contributed by atoms with van der Waals surface area (Å²) in [7, 11) is 3.42. The zero-order chi connectivity index (χ0) is 14.3. The van der Waals surface area contributed by atoms with E-state index < -0.39 is 0 Å². The molecule has 106 valence electrons. The molecule has 0 saturated heterocycles. The Kier molecular flexibility index (Phi) is 6.29. The Morgan fingerprint density at radius 3 is 2.63 bits per heavy atom. The second-order valence-corrected chi connectivity index (χ2v) is 4.44. The van der Waals surface area contributed by atoms with Crippen LogP contribution in [0, 0.1) is 5.82 Å². The van der Waals surface area contributed by atoms with Gasteiger partial charge in [-0.15, -0.1) is 0 Å². The number of amides is 1. The molecule has 0 bridgehead atoms. The van der Waals surface area contributed by atoms with Gasteiger partial charge in [0.1, 0.15) is 5.82 Å². The Morgan fingerprint density at radius 1 is 1.32 bits per heavy atom. The van der Waals surface area contributed by atoms with Crippen molar-refractivity contribution < 1.29 is 9.18 Å². The number of hydrogen-bond donors (Lipinski definition) is 2. The fraction of sp³-hybridized carbons (Fsp3) is 0.500. The van der Waals surface area contributed by atoms with E-state index in [9.17, 15) is 9.18 Å². The molecular formula is C14H22FN3O. The molecule has 0 saturated carbocycles. The van der Waals surface area contributed by atoms with E-state index in [0.29, 0.717) is 6.54 Å². The predicted molar refractivity (Wildman–Crippen MR) is 75.7 cm³/mol. The highest BCUT2D eigenvalue weighted by molar-refractivity contribution is 5.81. The van der Waals surface area contributed by atoms with Gasteiger partial charge >= 0.3 is 0 Å². The summed E-state index contributed by atoms with van der Waals surface area (Å²) in [6.07, 6.45) is 0.898. The molecule has 0 spiro atoms. The number of halogens is 1. The summed E-state index contributed by atoms with van der Waals surface area (Å²) in [6, 6.07) is 4.89. The van der Waals surface area contributed by atoms with E-state index in [4.69, 9.17) is 0 Å². The number of rotatable bonds is 7. The van der Waals surface area contributed by atoms with Crippen LogP contribution in [0.4, 0.5) is 10.1 Å². The SMILES string of the molecule is CCCN(CC(=O)NC)c1cc(F)cc(CNC)c1. The number of nitrogens with zero attached hydrogens (tertiary/aromatic N) is 1. The van der Waals surface area contributed by atoms with Gasteiger partial charge < -0.3 is 15.5 Å². The molecule has 19 heavy (non-hydrogen) atoms. The van der Waals surface area contributed by atoms with Crippen molar-refractivity contribution in [2.45, 2.75) is 19.9 Å². The third kappa shape index (κ3) is 4.87. The average Bonchev–Trinajstić information content (AvgIpc) is 2.37. The van der Waals surface area contributed by atoms with Crippen molar-refractivity contribution in [3.8, 4) is 0 Å². The quantitative estimate of drug-likeness (QED) is 0.787. The maximum absolute atomic E-state index is 13.6. The van der Waals surface area contributed by atoms with E-state index >= 15 is 0 Å². The largest absolute Gasteiger partial charge is 0.362 e. The monoisotopic (exact) mass is 267 g/mol. The van der Waals surface area contributed by atoms with Gasteiger partial charge in [0.25, 0.3) is 0 Å². The zero-order valence-electron chi connectivity index (χ0n) is 11.8. The lowest BCUT2D eigenvalue weighted by atomic mass is 10.1. The minimum Gasteiger partial charge on any atom is -0.362 e. The number of nitrogens with one attached hydrogen (secondary N) is 2. The molecule has 0 unspecified atom stereocenters. The van der Waals surface area contributed by atoms with Gasteiger partial charge in [0.05, 0.1) is 6.54 Å². The maximum Gasteiger partial charge on any atom is 0.239 e. The van der Waals surface area contributed by atoms with Crippen molar-refractivity contribution in [3.63, 3.8) is 0 Å². The van der Waals surface area contributed by atoms with Crippen LogP contribution in [0.2, 0.25) is 0 Å². The van der Waals surface area contributed by atoms with E-state index in [1.54, 1.807) is 7.05 Å². The molecule has 1 aromatic rings. The molecule has 1 rings (SSSR count). The molecule has 2 N–H and O–H groups in total. The molecule has 5 heteroatoms. The Labute approximate surface area is 114 Å². The Morgan fingerprint density at radius 2 is 2.05 bits per heavy atom. The van der Waals surface area contributed by atoms with E-state index in [0.717, 1.165) is 24.2 Å². The van der Waals surface area contributed by atoms with Gasteiger partial charge in [0.15, 0.2) is 0 Å². The first-order valence-corrected chi connectivity index (χ1v) is 6.50. The van der Waals surface area contributed by atoms with Gasteiger partial charge in [0, 0.05) is 25.8 Å². The van der Waals surface area contributed by atoms with Gasteiger partial charge in [-0.25, -0.2) is 4.39 Å². The summed E-state index contributed by atoms with van der Waals surface area (Å²) >= 11 is 0. The predicted octanol–water partition coefficient (Wildman–Crippen LogP) is 1.51. The highest BCUT2D eigenvalue weighted by Crippen LogP contribution is 2.19. The van der Waals surface area contributed by atoms with Gasteiger partial charge in [-0.2, -0.15) is 0 Å². The van der Waals surface area contributed by atoms with Gasteiger partial charge in [-0.05, 0) is 37.2 Å². The van der Waals surface area contributed by atoms with E-state index in [-0.39, 0.29) is 18.3 Å². The first-order chi connectivity index (χ1) is 9.10. The summed E-state index contributed by atoms with van der Waals surface area (Å²) in [4.78, 5) is 13.4. The number of carbonyl (C=O) groups is 1. The number of benzene rings is 1. The van der Waals surface area contributed by atoms with Crippen LogP contribution in [0.1, 0.15) is 18.9 Å². The van der Waals surface area contributed by atoms with Crippen LogP contribution in [0.25, 0.3) is 0 Å². The normalized spacial score (nSPS) is 10.3. The summed E-state index contributed by atoms with van der Waals surface area (Å²) < 4.78 is 13.6. The molecule has 0 atom stereocenters. The molecule has 1 aromatic carbocycles. The lowest BCUT2D eigenvalue weighted by Gasteiger charge is -2.24. The van der Waals surface area contributed by atoms with Crippen LogP contribution < -0.4 is 15.5 Å². The molecule has 0 heterocycles. The molecule has 0 fully saturated rings. The number of hydrogen-bond acceptors (Lipinski definition) is 3. The minimum atomic E-state index is -0.277. The van der Waals surface area contributed by atoms with Crippen LogP contribution in [0.15, 0.2) is 18.2 Å². The van der Waals surface area contributed by atoms with Crippen LogP contribution in [-0.4, -0.2) is 33.1 Å². The lowest BCUT2D eigenvalue weighted by Crippen LogP contribution is -2.36. The van der Waals surface area contributed by atoms with Crippen LogP contribution in [-0.2, 0) is 11.3 Å². The first kappa shape index (κ1) is 15.4. The summed E-state index contributed by atoms with van der Waals surface area (Å²) in [6.45, 7) is 3.60. The maximum atomic E-state index is 13.6. The molecule has 0 aliphatic rings. The fourth-order valence-corrected chi connectivity index (χ4v) is 1.94. The number of anilines is 1. The van der Waals surface area contributed by atoms with Crippen molar-refractivity contribution in [2.24, 2.45) is 0 Å². The third-order valence-electron chi connectivity index (χ3n) is 2.80. The van der Waals surface area contributed by atoms with Gasteiger partial charge in [0.2, 0.25) is 5.91 Å². The van der Waals surface area contributed by atoms with Crippen LogP contribution in [0.5, 0.6) is 0 Å². The standard InChI is InChI=1S/C14H22FN3O/c1-4-5-18(10-14(19)17-3)13-7-11(9-16-2)6-12(15)8-13/h6-8,16H,4-5,9-10H2,1-3H3,(H,17,19). The van der Waals surface area contributed by atoms with E-state index in [1.165, 1.54) is 12.1 Å². The number of carbonyl (C=O) groups excluding carboxylic acids is 1. The molecular weight excluding hydrogens is 245 g/mol. The number of likely N-dealkylation sites (N-methyl/N-ethyl adjacent to an activating group) is 1. The Hall–Kier alpha value is -1.62. The molecule has 1 amide bonds. The molecule has 0 aliphatic carbocycles. The van der Waals surface area contributed by atoms with E-state index in [1.807, 2.05) is 24.9 Å². The summed E-state index contributed by atoms with van der Waals surface area (Å²) in [5, 5.41) is 5.59. The van der Waals surface area contributed by atoms with E-state index in [2.05, 4.69) is 10.6 Å². The second-order valence-electron chi connectivity index (χ2n) is 4.44.